The van der Waals surface area contributed by atoms with Gasteiger partial charge in [-0.1, -0.05) is 12.8 Å². The van der Waals surface area contributed by atoms with Gasteiger partial charge in [-0.3, -0.25) is 9.69 Å². The van der Waals surface area contributed by atoms with Gasteiger partial charge in [0.2, 0.25) is 0 Å². The molecule has 1 aliphatic heterocycles. The summed E-state index contributed by atoms with van der Waals surface area (Å²) in [5.74, 6) is 0.0369. The Kier molecular flexibility index (Phi) is 5.08. The Morgan fingerprint density at radius 1 is 1.29 bits per heavy atom. The minimum absolute atomic E-state index is 0.316. The maximum absolute atomic E-state index is 11.6. The standard InChI is InChI=1S/C15H19Br2NO2S/c16-11-7-10(21-14(11)17)8-18-12-4-2-1-3-9(12)5-6-13(18)15(19)20/h7,9,12-13H,1-6,8H2,(H,19,20). The lowest BCUT2D eigenvalue weighted by Crippen LogP contribution is -2.54. The first kappa shape index (κ1) is 16.0. The fraction of sp³-hybridized carbons (Fsp3) is 0.667. The number of halogens is 2. The Labute approximate surface area is 146 Å². The average Bonchev–Trinajstić information content (AvgIpc) is 2.77. The maximum atomic E-state index is 11.6. The molecule has 3 unspecified atom stereocenters. The number of carboxylic acid groups (broad SMARTS) is 1. The number of carbonyl (C=O) groups is 1. The van der Waals surface area contributed by atoms with Crippen LogP contribution >= 0.6 is 43.2 Å². The molecule has 3 rings (SSSR count). The number of hydrogen-bond donors (Lipinski definition) is 1. The van der Waals surface area contributed by atoms with Crippen molar-refractivity contribution >= 4 is 49.2 Å². The van der Waals surface area contributed by atoms with Crippen molar-refractivity contribution in [2.45, 2.75) is 57.2 Å². The zero-order chi connectivity index (χ0) is 15.0. The van der Waals surface area contributed by atoms with Gasteiger partial charge in [0.15, 0.2) is 0 Å². The van der Waals surface area contributed by atoms with Gasteiger partial charge in [-0.2, -0.15) is 0 Å². The Hall–Kier alpha value is 0.0900. The molecular formula is C15H19Br2NO2S. The number of piperidine rings is 1. The minimum atomic E-state index is -0.659. The SMILES string of the molecule is O=C(O)C1CCC2CCCCC2N1Cc1cc(Br)c(Br)s1. The van der Waals surface area contributed by atoms with E-state index in [4.69, 9.17) is 0 Å². The topological polar surface area (TPSA) is 40.5 Å². The molecule has 0 spiro atoms. The molecule has 0 amide bonds. The van der Waals surface area contributed by atoms with Crippen LogP contribution in [0.3, 0.4) is 0 Å². The molecule has 3 nitrogen and oxygen atoms in total. The molecule has 2 heterocycles. The second kappa shape index (κ2) is 6.69. The van der Waals surface area contributed by atoms with Gasteiger partial charge >= 0.3 is 5.97 Å². The molecule has 1 saturated carbocycles. The van der Waals surface area contributed by atoms with Gasteiger partial charge in [-0.05, 0) is 69.5 Å². The summed E-state index contributed by atoms with van der Waals surface area (Å²) in [4.78, 5) is 15.1. The number of rotatable bonds is 3. The van der Waals surface area contributed by atoms with E-state index >= 15 is 0 Å². The van der Waals surface area contributed by atoms with E-state index in [-0.39, 0.29) is 6.04 Å². The monoisotopic (exact) mass is 435 g/mol. The zero-order valence-electron chi connectivity index (χ0n) is 11.7. The number of likely N-dealkylation sites (tertiary alicyclic amines) is 1. The summed E-state index contributed by atoms with van der Waals surface area (Å²) in [7, 11) is 0. The Morgan fingerprint density at radius 2 is 2.05 bits per heavy atom. The van der Waals surface area contributed by atoms with Crippen molar-refractivity contribution in [3.63, 3.8) is 0 Å². The summed E-state index contributed by atoms with van der Waals surface area (Å²) in [6.45, 7) is 0.757. The lowest BCUT2D eigenvalue weighted by atomic mass is 9.76. The molecule has 1 saturated heterocycles. The third-order valence-corrected chi connectivity index (χ3v) is 8.07. The van der Waals surface area contributed by atoms with Gasteiger partial charge in [0.25, 0.3) is 0 Å². The van der Waals surface area contributed by atoms with Crippen molar-refractivity contribution in [3.8, 4) is 0 Å². The molecule has 1 aromatic heterocycles. The first-order chi connectivity index (χ1) is 10.1. The van der Waals surface area contributed by atoms with Crippen molar-refractivity contribution in [2.24, 2.45) is 5.92 Å². The second-order valence-corrected chi connectivity index (χ2v) is 9.36. The summed E-state index contributed by atoms with van der Waals surface area (Å²) in [6.07, 6.45) is 6.85. The fourth-order valence-electron chi connectivity index (χ4n) is 3.87. The van der Waals surface area contributed by atoms with Crippen LogP contribution in [0.2, 0.25) is 0 Å². The van der Waals surface area contributed by atoms with E-state index in [1.54, 1.807) is 11.3 Å². The van der Waals surface area contributed by atoms with Crippen LogP contribution in [-0.4, -0.2) is 28.1 Å². The highest BCUT2D eigenvalue weighted by atomic mass is 79.9. The summed E-state index contributed by atoms with van der Waals surface area (Å²) in [5, 5.41) is 9.58. The summed E-state index contributed by atoms with van der Waals surface area (Å²) >= 11 is 8.75. The van der Waals surface area contributed by atoms with Crippen LogP contribution < -0.4 is 0 Å². The second-order valence-electron chi connectivity index (χ2n) is 6.05. The largest absolute Gasteiger partial charge is 0.480 e. The summed E-state index contributed by atoms with van der Waals surface area (Å²) in [6, 6.07) is 2.25. The molecule has 1 N–H and O–H groups in total. The Morgan fingerprint density at radius 3 is 2.71 bits per heavy atom. The summed E-state index contributed by atoms with van der Waals surface area (Å²) < 4.78 is 2.15. The highest BCUT2D eigenvalue weighted by molar-refractivity contribution is 9.13. The first-order valence-electron chi connectivity index (χ1n) is 7.48. The van der Waals surface area contributed by atoms with Gasteiger partial charge in [0, 0.05) is 21.9 Å². The molecule has 3 atom stereocenters. The van der Waals surface area contributed by atoms with E-state index in [0.29, 0.717) is 12.0 Å². The van der Waals surface area contributed by atoms with Crippen molar-refractivity contribution in [1.82, 2.24) is 4.90 Å². The molecule has 0 bridgehead atoms. The molecular weight excluding hydrogens is 418 g/mol. The van der Waals surface area contributed by atoms with Crippen LogP contribution in [0, 0.1) is 5.92 Å². The van der Waals surface area contributed by atoms with E-state index < -0.39 is 5.97 Å². The maximum Gasteiger partial charge on any atom is 0.320 e. The molecule has 2 fully saturated rings. The molecule has 0 radical (unpaired) electrons. The third-order valence-electron chi connectivity index (χ3n) is 4.83. The van der Waals surface area contributed by atoms with Crippen molar-refractivity contribution in [2.75, 3.05) is 0 Å². The normalized spacial score (nSPS) is 30.1. The van der Waals surface area contributed by atoms with Crippen LogP contribution in [0.15, 0.2) is 14.3 Å². The number of nitrogens with zero attached hydrogens (tertiary/aromatic N) is 1. The lowest BCUT2D eigenvalue weighted by molar-refractivity contribution is -0.148. The lowest BCUT2D eigenvalue weighted by Gasteiger charge is -2.47. The molecule has 6 heteroatoms. The molecule has 116 valence electrons. The van der Waals surface area contributed by atoms with Gasteiger partial charge in [-0.25, -0.2) is 0 Å². The number of fused-ring (bicyclic) bond motifs is 1. The van der Waals surface area contributed by atoms with Crippen molar-refractivity contribution < 1.29 is 9.90 Å². The predicted molar refractivity (Wildman–Crippen MR) is 91.7 cm³/mol. The third kappa shape index (κ3) is 3.38. The van der Waals surface area contributed by atoms with Crippen LogP contribution in [0.25, 0.3) is 0 Å². The average molecular weight is 437 g/mol. The fourth-order valence-corrected chi connectivity index (χ4v) is 6.06. The smallest absolute Gasteiger partial charge is 0.320 e. The van der Waals surface area contributed by atoms with Gasteiger partial charge < -0.3 is 5.11 Å². The van der Waals surface area contributed by atoms with E-state index in [1.165, 1.54) is 24.1 Å². The molecule has 1 aromatic rings. The van der Waals surface area contributed by atoms with Crippen molar-refractivity contribution in [3.05, 3.63) is 19.2 Å². The number of thiophene rings is 1. The van der Waals surface area contributed by atoms with Gasteiger partial charge in [0.1, 0.15) is 6.04 Å². The number of hydrogen-bond acceptors (Lipinski definition) is 3. The zero-order valence-corrected chi connectivity index (χ0v) is 15.7. The highest BCUT2D eigenvalue weighted by Gasteiger charge is 2.41. The van der Waals surface area contributed by atoms with Crippen LogP contribution in [0.1, 0.15) is 43.4 Å². The van der Waals surface area contributed by atoms with Gasteiger partial charge in [-0.15, -0.1) is 11.3 Å². The van der Waals surface area contributed by atoms with Crippen molar-refractivity contribution in [1.29, 1.82) is 0 Å². The summed E-state index contributed by atoms with van der Waals surface area (Å²) in [5.41, 5.74) is 0. The molecule has 0 aromatic carbocycles. The van der Waals surface area contributed by atoms with E-state index in [2.05, 4.69) is 42.8 Å². The van der Waals surface area contributed by atoms with E-state index in [1.807, 2.05) is 0 Å². The van der Waals surface area contributed by atoms with Crippen LogP contribution in [-0.2, 0) is 11.3 Å². The number of aliphatic carboxylic acids is 1. The van der Waals surface area contributed by atoms with E-state index in [0.717, 1.165) is 34.1 Å². The molecule has 21 heavy (non-hydrogen) atoms. The number of carboxylic acids is 1. The quantitative estimate of drug-likeness (QED) is 0.733. The predicted octanol–water partition coefficient (Wildman–Crippen LogP) is 4.88. The Balaban J connectivity index is 1.83. The van der Waals surface area contributed by atoms with E-state index in [9.17, 15) is 9.90 Å². The highest BCUT2D eigenvalue weighted by Crippen LogP contribution is 2.40. The van der Waals surface area contributed by atoms with Crippen LogP contribution in [0.4, 0.5) is 0 Å². The minimum Gasteiger partial charge on any atom is -0.480 e. The van der Waals surface area contributed by atoms with Crippen LogP contribution in [0.5, 0.6) is 0 Å². The first-order valence-corrected chi connectivity index (χ1v) is 9.88. The molecule has 1 aliphatic carbocycles. The molecule has 2 aliphatic rings. The Bertz CT molecular complexity index is 514. The van der Waals surface area contributed by atoms with Gasteiger partial charge in [0.05, 0.1) is 3.79 Å².